The Hall–Kier alpha value is -2.06. The van der Waals surface area contributed by atoms with Crippen molar-refractivity contribution in [2.45, 2.75) is 13.5 Å². The first kappa shape index (κ1) is 15.8. The second kappa shape index (κ2) is 5.86. The average Bonchev–Trinajstić information content (AvgIpc) is 2.78. The summed E-state index contributed by atoms with van der Waals surface area (Å²) in [7, 11) is -2.36. The van der Waals surface area contributed by atoms with E-state index in [-0.39, 0.29) is 12.1 Å². The summed E-state index contributed by atoms with van der Waals surface area (Å²) in [6.07, 6.45) is 0.0712. The molecule has 0 bridgehead atoms. The quantitative estimate of drug-likeness (QED) is 0.723. The lowest BCUT2D eigenvalue weighted by Gasteiger charge is -2.08. The lowest BCUT2D eigenvalue weighted by molar-refractivity contribution is -0.113. The molecule has 3 rings (SSSR count). The van der Waals surface area contributed by atoms with Gasteiger partial charge in [-0.2, -0.15) is 0 Å². The van der Waals surface area contributed by atoms with Crippen LogP contribution in [0.5, 0.6) is 0 Å². The molecular weight excluding hydrogens is 307 g/mol. The molecule has 0 aliphatic rings. The average molecular weight is 328 g/mol. The van der Waals surface area contributed by atoms with Crippen molar-refractivity contribution in [3.05, 3.63) is 42.5 Å². The van der Waals surface area contributed by atoms with E-state index in [1.54, 1.807) is 13.3 Å². The van der Waals surface area contributed by atoms with Gasteiger partial charge < -0.3 is 14.4 Å². The predicted molar refractivity (Wildman–Crippen MR) is 98.1 cm³/mol. The molecule has 0 saturated carbocycles. The molecule has 2 aromatic carbocycles. The van der Waals surface area contributed by atoms with E-state index in [0.29, 0.717) is 0 Å². The van der Waals surface area contributed by atoms with E-state index in [9.17, 15) is 9.36 Å². The van der Waals surface area contributed by atoms with E-state index in [1.807, 2.05) is 30.3 Å². The number of rotatable bonds is 4. The Bertz CT molecular complexity index is 937. The summed E-state index contributed by atoms with van der Waals surface area (Å²) < 4.78 is 14.0. The van der Waals surface area contributed by atoms with Crippen molar-refractivity contribution in [1.82, 2.24) is 4.57 Å². The second-order valence-electron chi connectivity index (χ2n) is 6.27. The fourth-order valence-corrected chi connectivity index (χ4v) is 3.79. The van der Waals surface area contributed by atoms with Crippen molar-refractivity contribution in [3.8, 4) is 0 Å². The van der Waals surface area contributed by atoms with Crippen molar-refractivity contribution in [3.63, 3.8) is 0 Å². The van der Waals surface area contributed by atoms with Crippen LogP contribution in [0.25, 0.3) is 21.8 Å². The van der Waals surface area contributed by atoms with Gasteiger partial charge in [-0.15, -0.1) is 0 Å². The highest BCUT2D eigenvalue weighted by Gasteiger charge is 2.15. The number of carbonyl (C=O) groups is 1. The van der Waals surface area contributed by atoms with Gasteiger partial charge in [0.05, 0.1) is 13.3 Å². The monoisotopic (exact) mass is 328 g/mol. The molecule has 0 aliphatic heterocycles. The Labute approximate surface area is 135 Å². The molecule has 1 aromatic heterocycles. The highest BCUT2D eigenvalue weighted by atomic mass is 31.2. The third-order valence-electron chi connectivity index (χ3n) is 3.90. The maximum Gasteiger partial charge on any atom is 0.231 e. The zero-order chi connectivity index (χ0) is 16.6. The summed E-state index contributed by atoms with van der Waals surface area (Å²) >= 11 is 0. The summed E-state index contributed by atoms with van der Waals surface area (Å²) in [4.78, 5) is 12.0. The van der Waals surface area contributed by atoms with Crippen LogP contribution in [0.3, 0.4) is 0 Å². The number of nitrogens with zero attached hydrogens (tertiary/aromatic N) is 1. The fourth-order valence-electron chi connectivity index (χ4n) is 3.02. The van der Waals surface area contributed by atoms with Crippen molar-refractivity contribution >= 4 is 40.5 Å². The standard InChI is InChI=1S/C18H21N2O2P/c1-4-20-16-8-6-5-7-14(16)15-11-13(9-10-17(15)20)19-18(21)12-23(2,3)22/h5-11H,4,12H2,1-3H3,(H,19,21). The summed E-state index contributed by atoms with van der Waals surface area (Å²) in [6, 6.07) is 14.2. The van der Waals surface area contributed by atoms with E-state index >= 15 is 0 Å². The van der Waals surface area contributed by atoms with Gasteiger partial charge in [0.1, 0.15) is 0 Å². The molecule has 120 valence electrons. The number of fused-ring (bicyclic) bond motifs is 3. The van der Waals surface area contributed by atoms with Crippen LogP contribution in [0.2, 0.25) is 0 Å². The maximum atomic E-state index is 12.0. The van der Waals surface area contributed by atoms with E-state index < -0.39 is 7.14 Å². The maximum absolute atomic E-state index is 12.0. The molecule has 0 fully saturated rings. The minimum absolute atomic E-state index is 0.0712. The van der Waals surface area contributed by atoms with Crippen LogP contribution in [0, 0.1) is 0 Å². The molecule has 0 unspecified atom stereocenters. The molecule has 1 heterocycles. The lowest BCUT2D eigenvalue weighted by atomic mass is 10.1. The van der Waals surface area contributed by atoms with Gasteiger partial charge >= 0.3 is 0 Å². The molecule has 5 heteroatoms. The third kappa shape index (κ3) is 3.18. The Kier molecular flexibility index (Phi) is 4.03. The van der Waals surface area contributed by atoms with E-state index in [0.717, 1.165) is 23.1 Å². The summed E-state index contributed by atoms with van der Waals surface area (Å²) in [5.41, 5.74) is 3.10. The minimum atomic E-state index is -2.36. The molecule has 3 aromatic rings. The van der Waals surface area contributed by atoms with Crippen molar-refractivity contribution in [2.24, 2.45) is 0 Å². The molecular formula is C18H21N2O2P. The number of hydrogen-bond donors (Lipinski definition) is 1. The van der Waals surface area contributed by atoms with E-state index in [2.05, 4.69) is 28.9 Å². The van der Waals surface area contributed by atoms with Crippen LogP contribution in [0.15, 0.2) is 42.5 Å². The first-order chi connectivity index (χ1) is 10.9. The van der Waals surface area contributed by atoms with Crippen LogP contribution < -0.4 is 5.32 Å². The van der Waals surface area contributed by atoms with Gasteiger partial charge in [-0.3, -0.25) is 4.79 Å². The Morgan fingerprint density at radius 1 is 1.09 bits per heavy atom. The first-order valence-electron chi connectivity index (χ1n) is 7.74. The number of hydrogen-bond acceptors (Lipinski definition) is 2. The van der Waals surface area contributed by atoms with Gasteiger partial charge in [-0.25, -0.2) is 0 Å². The smallest absolute Gasteiger partial charge is 0.231 e. The Morgan fingerprint density at radius 2 is 1.78 bits per heavy atom. The summed E-state index contributed by atoms with van der Waals surface area (Å²) in [6.45, 7) is 6.28. The molecule has 0 saturated heterocycles. The fraction of sp³-hybridized carbons (Fsp3) is 0.278. The van der Waals surface area contributed by atoms with Crippen LogP contribution >= 0.6 is 7.14 Å². The largest absolute Gasteiger partial charge is 0.341 e. The minimum Gasteiger partial charge on any atom is -0.341 e. The number of aromatic nitrogens is 1. The molecule has 0 spiro atoms. The number of carbonyl (C=O) groups excluding carboxylic acids is 1. The summed E-state index contributed by atoms with van der Waals surface area (Å²) in [5, 5.41) is 5.16. The van der Waals surface area contributed by atoms with Crippen LogP contribution in [0.4, 0.5) is 5.69 Å². The topological polar surface area (TPSA) is 51.1 Å². The predicted octanol–water partition coefficient (Wildman–Crippen LogP) is 4.38. The highest BCUT2D eigenvalue weighted by molar-refractivity contribution is 7.63. The molecule has 1 amide bonds. The van der Waals surface area contributed by atoms with E-state index in [4.69, 9.17) is 0 Å². The second-order valence-corrected chi connectivity index (χ2v) is 9.74. The zero-order valence-electron chi connectivity index (χ0n) is 13.7. The lowest BCUT2D eigenvalue weighted by Crippen LogP contribution is -2.15. The number of para-hydroxylation sites is 1. The Morgan fingerprint density at radius 3 is 2.48 bits per heavy atom. The number of anilines is 1. The molecule has 1 N–H and O–H groups in total. The van der Waals surface area contributed by atoms with Gasteiger partial charge in [0.15, 0.2) is 0 Å². The molecule has 4 nitrogen and oxygen atoms in total. The van der Waals surface area contributed by atoms with Gasteiger partial charge in [0.2, 0.25) is 5.91 Å². The van der Waals surface area contributed by atoms with E-state index in [1.165, 1.54) is 10.9 Å². The Balaban J connectivity index is 2.04. The summed E-state index contributed by atoms with van der Waals surface area (Å²) in [5.74, 6) is -0.197. The number of benzene rings is 2. The molecule has 0 aliphatic carbocycles. The van der Waals surface area contributed by atoms with Crippen molar-refractivity contribution in [2.75, 3.05) is 24.8 Å². The van der Waals surface area contributed by atoms with Gasteiger partial charge in [-0.1, -0.05) is 18.2 Å². The van der Waals surface area contributed by atoms with Gasteiger partial charge in [0, 0.05) is 34.0 Å². The number of amides is 1. The molecule has 23 heavy (non-hydrogen) atoms. The number of nitrogens with one attached hydrogen (secondary N) is 1. The zero-order valence-corrected chi connectivity index (χ0v) is 14.6. The van der Waals surface area contributed by atoms with Gasteiger partial charge in [0.25, 0.3) is 0 Å². The van der Waals surface area contributed by atoms with Gasteiger partial charge in [-0.05, 0) is 44.5 Å². The van der Waals surface area contributed by atoms with Crippen LogP contribution in [0.1, 0.15) is 6.92 Å². The van der Waals surface area contributed by atoms with Crippen molar-refractivity contribution in [1.29, 1.82) is 0 Å². The first-order valence-corrected chi connectivity index (χ1v) is 10.5. The normalized spacial score (nSPS) is 12.0. The highest BCUT2D eigenvalue weighted by Crippen LogP contribution is 2.35. The van der Waals surface area contributed by atoms with Crippen LogP contribution in [-0.4, -0.2) is 30.0 Å². The molecule has 0 atom stereocenters. The third-order valence-corrected chi connectivity index (χ3v) is 4.95. The van der Waals surface area contributed by atoms with Crippen molar-refractivity contribution < 1.29 is 9.36 Å². The van der Waals surface area contributed by atoms with Crippen LogP contribution in [-0.2, 0) is 15.9 Å². The number of aryl methyl sites for hydroxylation is 1. The molecule has 0 radical (unpaired) electrons. The SMILES string of the molecule is CCn1c2ccccc2c2cc(NC(=O)CP(C)(C)=O)ccc21.